The van der Waals surface area contributed by atoms with Crippen molar-refractivity contribution in [2.45, 2.75) is 31.8 Å². The Kier molecular flexibility index (Phi) is 2.61. The minimum atomic E-state index is -0.132. The highest BCUT2D eigenvalue weighted by atomic mass is 16.3. The van der Waals surface area contributed by atoms with Gasteiger partial charge in [-0.1, -0.05) is 0 Å². The predicted molar refractivity (Wildman–Crippen MR) is 53.8 cm³/mol. The Morgan fingerprint density at radius 3 is 2.93 bits per heavy atom. The molecular formula is C11H17NO2. The molecule has 1 fully saturated rings. The van der Waals surface area contributed by atoms with Gasteiger partial charge >= 0.3 is 0 Å². The quantitative estimate of drug-likeness (QED) is 0.749. The van der Waals surface area contributed by atoms with Crippen LogP contribution in [0.1, 0.15) is 25.5 Å². The lowest BCUT2D eigenvalue weighted by Gasteiger charge is -2.28. The molecule has 0 aliphatic heterocycles. The first-order valence-corrected chi connectivity index (χ1v) is 5.13. The Bertz CT molecular complexity index is 279. The summed E-state index contributed by atoms with van der Waals surface area (Å²) >= 11 is 0. The number of nitrogens with one attached hydrogen (secondary N) is 1. The van der Waals surface area contributed by atoms with Crippen LogP contribution in [0.4, 0.5) is 0 Å². The summed E-state index contributed by atoms with van der Waals surface area (Å²) in [6.45, 7) is 2.96. The average molecular weight is 195 g/mol. The van der Waals surface area contributed by atoms with E-state index in [4.69, 9.17) is 4.42 Å². The molecule has 1 heterocycles. The summed E-state index contributed by atoms with van der Waals surface area (Å²) in [6, 6.07) is 3.82. The summed E-state index contributed by atoms with van der Waals surface area (Å²) in [5.74, 6) is 1.55. The Hall–Kier alpha value is -0.800. The molecule has 3 heteroatoms. The lowest BCUT2D eigenvalue weighted by Crippen LogP contribution is -2.47. The molecule has 2 rings (SSSR count). The fourth-order valence-electron chi connectivity index (χ4n) is 1.75. The number of furan rings is 1. The van der Waals surface area contributed by atoms with Gasteiger partial charge in [-0.15, -0.1) is 0 Å². The maximum Gasteiger partial charge on any atom is 0.117 e. The molecule has 0 aromatic carbocycles. The van der Waals surface area contributed by atoms with E-state index < -0.39 is 0 Å². The summed E-state index contributed by atoms with van der Waals surface area (Å²) < 4.78 is 5.23. The van der Waals surface area contributed by atoms with E-state index in [1.54, 1.807) is 6.26 Å². The monoisotopic (exact) mass is 195 g/mol. The van der Waals surface area contributed by atoms with Gasteiger partial charge < -0.3 is 14.8 Å². The molecule has 0 bridgehead atoms. The van der Waals surface area contributed by atoms with E-state index in [9.17, 15) is 5.11 Å². The Morgan fingerprint density at radius 1 is 1.64 bits per heavy atom. The van der Waals surface area contributed by atoms with E-state index in [0.29, 0.717) is 12.5 Å². The third-order valence-electron chi connectivity index (χ3n) is 3.05. The maximum atomic E-state index is 9.33. The number of aliphatic hydroxyl groups is 1. The molecule has 0 amide bonds. The molecule has 0 saturated heterocycles. The van der Waals surface area contributed by atoms with Crippen molar-refractivity contribution in [3.63, 3.8) is 0 Å². The zero-order chi connectivity index (χ0) is 10.0. The lowest BCUT2D eigenvalue weighted by molar-refractivity contribution is 0.151. The summed E-state index contributed by atoms with van der Waals surface area (Å²) in [5, 5.41) is 12.7. The lowest BCUT2D eigenvalue weighted by atomic mass is 9.97. The molecule has 1 aliphatic rings. The molecule has 1 unspecified atom stereocenters. The Morgan fingerprint density at radius 2 is 2.43 bits per heavy atom. The fraction of sp³-hybridized carbons (Fsp3) is 0.636. The molecule has 0 spiro atoms. The largest absolute Gasteiger partial charge is 0.468 e. The van der Waals surface area contributed by atoms with Crippen molar-refractivity contribution in [3.05, 3.63) is 24.2 Å². The van der Waals surface area contributed by atoms with Crippen LogP contribution in [0.5, 0.6) is 0 Å². The van der Waals surface area contributed by atoms with E-state index in [-0.39, 0.29) is 12.1 Å². The zero-order valence-electron chi connectivity index (χ0n) is 8.49. The second-order valence-electron chi connectivity index (χ2n) is 4.28. The number of hydrogen-bond donors (Lipinski definition) is 2. The van der Waals surface area contributed by atoms with Crippen molar-refractivity contribution >= 4 is 0 Å². The molecule has 1 atom stereocenters. The van der Waals surface area contributed by atoms with Crippen LogP contribution in [0.3, 0.4) is 0 Å². The standard InChI is InChI=1S/C11H17NO2/c1-11(8-13,9-4-5-9)12-7-10-3-2-6-14-10/h2-3,6,9,12-13H,4-5,7-8H2,1H3. The summed E-state index contributed by atoms with van der Waals surface area (Å²) in [4.78, 5) is 0. The first-order valence-electron chi connectivity index (χ1n) is 5.13. The highest BCUT2D eigenvalue weighted by Crippen LogP contribution is 2.39. The van der Waals surface area contributed by atoms with Gasteiger partial charge in [-0.05, 0) is 37.8 Å². The van der Waals surface area contributed by atoms with Crippen molar-refractivity contribution in [1.29, 1.82) is 0 Å². The van der Waals surface area contributed by atoms with Crippen LogP contribution in [-0.2, 0) is 6.54 Å². The van der Waals surface area contributed by atoms with Gasteiger partial charge in [-0.25, -0.2) is 0 Å². The van der Waals surface area contributed by atoms with Crippen LogP contribution in [0.15, 0.2) is 22.8 Å². The second kappa shape index (κ2) is 3.75. The van der Waals surface area contributed by atoms with Gasteiger partial charge in [-0.2, -0.15) is 0 Å². The molecular weight excluding hydrogens is 178 g/mol. The highest BCUT2D eigenvalue weighted by Gasteiger charge is 2.40. The molecule has 1 aromatic heterocycles. The van der Waals surface area contributed by atoms with Gasteiger partial charge in [0.05, 0.1) is 19.4 Å². The molecule has 1 aromatic rings. The third-order valence-corrected chi connectivity index (χ3v) is 3.05. The SMILES string of the molecule is CC(CO)(NCc1ccco1)C1CC1. The van der Waals surface area contributed by atoms with E-state index in [0.717, 1.165) is 5.76 Å². The van der Waals surface area contributed by atoms with Gasteiger partial charge in [0.15, 0.2) is 0 Å². The van der Waals surface area contributed by atoms with Crippen LogP contribution >= 0.6 is 0 Å². The Labute approximate surface area is 84.1 Å². The summed E-state index contributed by atoms with van der Waals surface area (Å²) in [7, 11) is 0. The zero-order valence-corrected chi connectivity index (χ0v) is 8.49. The van der Waals surface area contributed by atoms with E-state index in [1.807, 2.05) is 12.1 Å². The second-order valence-corrected chi connectivity index (χ2v) is 4.28. The molecule has 78 valence electrons. The van der Waals surface area contributed by atoms with Gasteiger partial charge in [0.2, 0.25) is 0 Å². The van der Waals surface area contributed by atoms with Gasteiger partial charge in [0.25, 0.3) is 0 Å². The number of hydrogen-bond acceptors (Lipinski definition) is 3. The molecule has 3 nitrogen and oxygen atoms in total. The van der Waals surface area contributed by atoms with E-state index in [1.165, 1.54) is 12.8 Å². The first kappa shape index (κ1) is 9.74. The third kappa shape index (κ3) is 1.99. The fourth-order valence-corrected chi connectivity index (χ4v) is 1.75. The molecule has 1 aliphatic carbocycles. The molecule has 0 radical (unpaired) electrons. The van der Waals surface area contributed by atoms with Crippen molar-refractivity contribution in [1.82, 2.24) is 5.32 Å². The minimum Gasteiger partial charge on any atom is -0.468 e. The number of aliphatic hydroxyl groups excluding tert-OH is 1. The van der Waals surface area contributed by atoms with Crippen LogP contribution < -0.4 is 5.32 Å². The van der Waals surface area contributed by atoms with Crippen molar-refractivity contribution in [3.8, 4) is 0 Å². The smallest absolute Gasteiger partial charge is 0.117 e. The first-order chi connectivity index (χ1) is 6.74. The van der Waals surface area contributed by atoms with Crippen LogP contribution in [0, 0.1) is 5.92 Å². The van der Waals surface area contributed by atoms with Crippen LogP contribution in [0.2, 0.25) is 0 Å². The molecule has 14 heavy (non-hydrogen) atoms. The normalized spacial score (nSPS) is 20.7. The topological polar surface area (TPSA) is 45.4 Å². The van der Waals surface area contributed by atoms with Crippen molar-refractivity contribution in [2.75, 3.05) is 6.61 Å². The van der Waals surface area contributed by atoms with Crippen molar-refractivity contribution in [2.24, 2.45) is 5.92 Å². The number of rotatable bonds is 5. The van der Waals surface area contributed by atoms with Gasteiger partial charge in [0.1, 0.15) is 5.76 Å². The summed E-state index contributed by atoms with van der Waals surface area (Å²) in [6.07, 6.45) is 4.12. The minimum absolute atomic E-state index is 0.132. The summed E-state index contributed by atoms with van der Waals surface area (Å²) in [5.41, 5.74) is -0.132. The maximum absolute atomic E-state index is 9.33. The van der Waals surface area contributed by atoms with Crippen molar-refractivity contribution < 1.29 is 9.52 Å². The molecule has 1 saturated carbocycles. The average Bonchev–Trinajstić information content (AvgIpc) is 2.94. The van der Waals surface area contributed by atoms with Gasteiger partial charge in [0, 0.05) is 5.54 Å². The van der Waals surface area contributed by atoms with E-state index in [2.05, 4.69) is 12.2 Å². The van der Waals surface area contributed by atoms with Crippen LogP contribution in [-0.4, -0.2) is 17.3 Å². The van der Waals surface area contributed by atoms with Crippen LogP contribution in [0.25, 0.3) is 0 Å². The Balaban J connectivity index is 1.89. The van der Waals surface area contributed by atoms with Gasteiger partial charge in [-0.3, -0.25) is 0 Å². The predicted octanol–water partition coefficient (Wildman–Crippen LogP) is 1.53. The highest BCUT2D eigenvalue weighted by molar-refractivity contribution is 5.02. The molecule has 2 N–H and O–H groups in total. The van der Waals surface area contributed by atoms with E-state index >= 15 is 0 Å².